The van der Waals surface area contributed by atoms with Gasteiger partial charge < -0.3 is 4.74 Å². The summed E-state index contributed by atoms with van der Waals surface area (Å²) < 4.78 is 32.3. The molecule has 2 aromatic rings. The zero-order chi connectivity index (χ0) is 17.7. The number of carbonyl (C=O) groups is 2. The van der Waals surface area contributed by atoms with Crippen LogP contribution in [0.2, 0.25) is 0 Å². The zero-order valence-electron chi connectivity index (χ0n) is 12.5. The minimum atomic E-state index is -0.899. The number of hydrazine groups is 1. The summed E-state index contributed by atoms with van der Waals surface area (Å²) in [6, 6.07) is 9.24. The first-order valence-corrected chi connectivity index (χ1v) is 7.63. The van der Waals surface area contributed by atoms with Crippen molar-refractivity contribution < 1.29 is 23.1 Å². The Morgan fingerprint density at radius 3 is 2.38 bits per heavy atom. The number of rotatable bonds is 4. The molecule has 0 fully saturated rings. The molecule has 0 aliphatic rings. The van der Waals surface area contributed by atoms with Crippen LogP contribution in [0.4, 0.5) is 8.78 Å². The molecule has 2 N–H and O–H groups in total. The first-order valence-electron chi connectivity index (χ1n) is 6.83. The van der Waals surface area contributed by atoms with Crippen molar-refractivity contribution in [2.24, 2.45) is 0 Å². The molecule has 0 radical (unpaired) electrons. The van der Waals surface area contributed by atoms with Gasteiger partial charge in [0, 0.05) is 16.1 Å². The fourth-order valence-corrected chi connectivity index (χ4v) is 2.15. The molecule has 5 nitrogen and oxygen atoms in total. The fraction of sp³-hybridized carbons (Fsp3) is 0.125. The Balaban J connectivity index is 1.91. The monoisotopic (exact) mass is 398 g/mol. The van der Waals surface area contributed by atoms with Crippen LogP contribution in [-0.4, -0.2) is 17.9 Å². The van der Waals surface area contributed by atoms with Gasteiger partial charge in [-0.2, -0.15) is 0 Å². The van der Waals surface area contributed by atoms with Gasteiger partial charge in [0.05, 0.1) is 0 Å². The molecule has 0 aromatic heterocycles. The molecule has 24 heavy (non-hydrogen) atoms. The third kappa shape index (κ3) is 5.02. The predicted molar refractivity (Wildman–Crippen MR) is 86.2 cm³/mol. The summed E-state index contributed by atoms with van der Waals surface area (Å²) >= 11 is 3.28. The number of amides is 2. The van der Waals surface area contributed by atoms with E-state index in [0.717, 1.165) is 16.6 Å². The van der Waals surface area contributed by atoms with Crippen LogP contribution in [-0.2, 0) is 4.79 Å². The van der Waals surface area contributed by atoms with Gasteiger partial charge in [0.25, 0.3) is 11.8 Å². The van der Waals surface area contributed by atoms with E-state index in [1.165, 1.54) is 6.92 Å². The van der Waals surface area contributed by atoms with E-state index in [1.807, 2.05) is 0 Å². The maximum Gasteiger partial charge on any atom is 0.279 e. The molecule has 8 heteroatoms. The zero-order valence-corrected chi connectivity index (χ0v) is 14.1. The number of halogens is 3. The first-order chi connectivity index (χ1) is 11.3. The molecule has 2 aromatic carbocycles. The van der Waals surface area contributed by atoms with E-state index in [1.54, 1.807) is 24.3 Å². The Morgan fingerprint density at radius 2 is 1.75 bits per heavy atom. The second-order valence-electron chi connectivity index (χ2n) is 4.82. The summed E-state index contributed by atoms with van der Waals surface area (Å²) in [6.45, 7) is 1.49. The lowest BCUT2D eigenvalue weighted by atomic mass is 10.2. The van der Waals surface area contributed by atoms with Crippen LogP contribution in [0.1, 0.15) is 17.3 Å². The van der Waals surface area contributed by atoms with Gasteiger partial charge in [-0.25, -0.2) is 8.78 Å². The van der Waals surface area contributed by atoms with Gasteiger partial charge in [0.15, 0.2) is 6.10 Å². The van der Waals surface area contributed by atoms with Crippen molar-refractivity contribution in [3.63, 3.8) is 0 Å². The molecule has 0 unspecified atom stereocenters. The molecule has 0 aliphatic carbocycles. The number of ether oxygens (including phenoxy) is 1. The molecule has 1 atom stereocenters. The van der Waals surface area contributed by atoms with Crippen LogP contribution in [0.15, 0.2) is 46.9 Å². The van der Waals surface area contributed by atoms with Gasteiger partial charge in [-0.3, -0.25) is 20.4 Å². The van der Waals surface area contributed by atoms with Crippen molar-refractivity contribution in [3.05, 3.63) is 64.1 Å². The summed E-state index contributed by atoms with van der Waals surface area (Å²) in [5, 5.41) is 0. The van der Waals surface area contributed by atoms with Crippen molar-refractivity contribution in [2.75, 3.05) is 0 Å². The van der Waals surface area contributed by atoms with Gasteiger partial charge in [0.1, 0.15) is 17.4 Å². The molecular weight excluding hydrogens is 386 g/mol. The topological polar surface area (TPSA) is 67.4 Å². The summed E-state index contributed by atoms with van der Waals surface area (Å²) in [7, 11) is 0. The Labute approximate surface area is 145 Å². The second kappa shape index (κ2) is 7.87. The maximum absolute atomic E-state index is 13.1. The number of benzene rings is 2. The van der Waals surface area contributed by atoms with E-state index in [9.17, 15) is 18.4 Å². The van der Waals surface area contributed by atoms with Gasteiger partial charge >= 0.3 is 0 Å². The SMILES string of the molecule is C[C@@H](Oc1cccc(Br)c1)C(=O)NNC(=O)c1cc(F)cc(F)c1. The number of carbonyl (C=O) groups excluding carboxylic acids is 2. The van der Waals surface area contributed by atoms with E-state index in [2.05, 4.69) is 26.8 Å². The minimum absolute atomic E-state index is 0.256. The fourth-order valence-electron chi connectivity index (χ4n) is 1.78. The normalized spacial score (nSPS) is 11.5. The number of nitrogens with one attached hydrogen (secondary N) is 2. The highest BCUT2D eigenvalue weighted by atomic mass is 79.9. The summed E-state index contributed by atoms with van der Waals surface area (Å²) in [6.07, 6.45) is -0.899. The van der Waals surface area contributed by atoms with Crippen LogP contribution < -0.4 is 15.6 Å². The van der Waals surface area contributed by atoms with E-state index >= 15 is 0 Å². The predicted octanol–water partition coefficient (Wildman–Crippen LogP) is 2.96. The first kappa shape index (κ1) is 17.9. The van der Waals surface area contributed by atoms with Crippen molar-refractivity contribution in [3.8, 4) is 5.75 Å². The Hall–Kier alpha value is -2.48. The van der Waals surface area contributed by atoms with Gasteiger partial charge in [-0.1, -0.05) is 22.0 Å². The lowest BCUT2D eigenvalue weighted by Gasteiger charge is -2.15. The Morgan fingerprint density at radius 1 is 1.08 bits per heavy atom. The van der Waals surface area contributed by atoms with Crippen molar-refractivity contribution >= 4 is 27.7 Å². The van der Waals surface area contributed by atoms with E-state index < -0.39 is 29.6 Å². The van der Waals surface area contributed by atoms with Crippen molar-refractivity contribution in [1.82, 2.24) is 10.9 Å². The molecule has 0 saturated heterocycles. The third-order valence-corrected chi connectivity index (χ3v) is 3.40. The van der Waals surface area contributed by atoms with Crippen LogP contribution in [0.3, 0.4) is 0 Å². The average Bonchev–Trinajstić information content (AvgIpc) is 2.51. The molecular formula is C16H13BrF2N2O3. The van der Waals surface area contributed by atoms with E-state index in [0.29, 0.717) is 11.8 Å². The summed E-state index contributed by atoms with van der Waals surface area (Å²) in [5.41, 5.74) is 3.95. The van der Waals surface area contributed by atoms with Crippen LogP contribution in [0.5, 0.6) is 5.75 Å². The smallest absolute Gasteiger partial charge is 0.279 e. The summed E-state index contributed by atoms with van der Waals surface area (Å²) in [4.78, 5) is 23.7. The van der Waals surface area contributed by atoms with Crippen LogP contribution in [0.25, 0.3) is 0 Å². The van der Waals surface area contributed by atoms with E-state index in [4.69, 9.17) is 4.74 Å². The lowest BCUT2D eigenvalue weighted by Crippen LogP contribution is -2.47. The van der Waals surface area contributed by atoms with E-state index in [-0.39, 0.29) is 5.56 Å². The quantitative estimate of drug-likeness (QED) is 0.778. The molecule has 0 saturated carbocycles. The molecule has 0 spiro atoms. The average molecular weight is 399 g/mol. The molecule has 0 aliphatic heterocycles. The minimum Gasteiger partial charge on any atom is -0.481 e. The molecule has 2 amide bonds. The molecule has 0 heterocycles. The maximum atomic E-state index is 13.1. The van der Waals surface area contributed by atoms with Gasteiger partial charge in [-0.15, -0.1) is 0 Å². The van der Waals surface area contributed by atoms with Crippen LogP contribution >= 0.6 is 15.9 Å². The van der Waals surface area contributed by atoms with Gasteiger partial charge in [-0.05, 0) is 37.3 Å². The highest BCUT2D eigenvalue weighted by molar-refractivity contribution is 9.10. The van der Waals surface area contributed by atoms with Crippen molar-refractivity contribution in [1.29, 1.82) is 0 Å². The molecule has 2 rings (SSSR count). The molecule has 126 valence electrons. The Kier molecular flexibility index (Phi) is 5.86. The summed E-state index contributed by atoms with van der Waals surface area (Å²) in [5.74, 6) is -2.79. The second-order valence-corrected chi connectivity index (χ2v) is 5.73. The standard InChI is InChI=1S/C16H13BrF2N2O3/c1-9(24-14-4-2-3-11(17)7-14)15(22)20-21-16(23)10-5-12(18)8-13(19)6-10/h2-9H,1H3,(H,20,22)(H,21,23)/t9-/m1/s1. The van der Waals surface area contributed by atoms with Gasteiger partial charge in [0.2, 0.25) is 0 Å². The largest absolute Gasteiger partial charge is 0.481 e. The van der Waals surface area contributed by atoms with Crippen LogP contribution in [0, 0.1) is 11.6 Å². The number of hydrogen-bond donors (Lipinski definition) is 2. The Bertz CT molecular complexity index is 750. The third-order valence-electron chi connectivity index (χ3n) is 2.90. The number of hydrogen-bond acceptors (Lipinski definition) is 3. The van der Waals surface area contributed by atoms with Crippen molar-refractivity contribution in [2.45, 2.75) is 13.0 Å². The highest BCUT2D eigenvalue weighted by Gasteiger charge is 2.16. The highest BCUT2D eigenvalue weighted by Crippen LogP contribution is 2.18. The lowest BCUT2D eigenvalue weighted by molar-refractivity contribution is -0.128. The molecule has 0 bridgehead atoms.